The second kappa shape index (κ2) is 4.60. The molecule has 98 valence electrons. The molecule has 0 spiro atoms. The van der Waals surface area contributed by atoms with Crippen LogP contribution in [-0.2, 0) is 0 Å². The van der Waals surface area contributed by atoms with Gasteiger partial charge in [0.15, 0.2) is 17.4 Å². The normalized spacial score (nSPS) is 10.5. The van der Waals surface area contributed by atoms with E-state index in [0.29, 0.717) is 10.6 Å². The zero-order valence-corrected chi connectivity index (χ0v) is 9.74. The van der Waals surface area contributed by atoms with Gasteiger partial charge in [0, 0.05) is 12.3 Å². The van der Waals surface area contributed by atoms with Gasteiger partial charge in [-0.25, -0.2) is 18.1 Å². The number of Topliss-reactive ketones (excluding diaryl/α,β-unsaturated/α-hetero) is 1. The van der Waals surface area contributed by atoms with Crippen molar-refractivity contribution in [2.24, 2.45) is 0 Å². The lowest BCUT2D eigenvalue weighted by Crippen LogP contribution is -2.36. The minimum absolute atomic E-state index is 0.159. The van der Waals surface area contributed by atoms with Crippen LogP contribution in [-0.4, -0.2) is 15.3 Å². The van der Waals surface area contributed by atoms with Gasteiger partial charge in [-0.15, -0.1) is 0 Å². The van der Waals surface area contributed by atoms with E-state index in [9.17, 15) is 23.2 Å². The highest BCUT2D eigenvalue weighted by Crippen LogP contribution is 2.10. The minimum Gasteiger partial charge on any atom is -0.313 e. The largest absolute Gasteiger partial charge is 0.333 e. The highest BCUT2D eigenvalue weighted by Gasteiger charge is 2.13. The Morgan fingerprint density at radius 1 is 1.21 bits per heavy atom. The van der Waals surface area contributed by atoms with Crippen LogP contribution in [0.15, 0.2) is 34.0 Å². The standard InChI is InChI=1S/C12H8F2N2O3/c1-6(17)8-5-15-12(19)16(11(8)18)7-2-3-9(13)10(14)4-7/h2-5H,1H3,(H,15,19). The average molecular weight is 266 g/mol. The van der Waals surface area contributed by atoms with E-state index in [-0.39, 0.29) is 11.3 Å². The fraction of sp³-hybridized carbons (Fsp3) is 0.0833. The highest BCUT2D eigenvalue weighted by molar-refractivity contribution is 5.93. The number of aromatic amines is 1. The number of hydrogen-bond acceptors (Lipinski definition) is 3. The first-order chi connectivity index (χ1) is 8.91. The van der Waals surface area contributed by atoms with Crippen molar-refractivity contribution >= 4 is 5.78 Å². The molecule has 0 aliphatic rings. The summed E-state index contributed by atoms with van der Waals surface area (Å²) >= 11 is 0. The third kappa shape index (κ3) is 2.22. The van der Waals surface area contributed by atoms with Crippen LogP contribution in [0.25, 0.3) is 5.69 Å². The number of rotatable bonds is 2. The Hall–Kier alpha value is -2.57. The predicted octanol–water partition coefficient (Wildman–Crippen LogP) is 1.01. The van der Waals surface area contributed by atoms with E-state index >= 15 is 0 Å². The van der Waals surface area contributed by atoms with Crippen LogP contribution >= 0.6 is 0 Å². The molecule has 1 heterocycles. The van der Waals surface area contributed by atoms with Crippen molar-refractivity contribution in [1.82, 2.24) is 9.55 Å². The molecule has 0 aliphatic heterocycles. The van der Waals surface area contributed by atoms with E-state index in [2.05, 4.69) is 4.98 Å². The molecule has 1 aromatic heterocycles. The molecule has 0 unspecified atom stereocenters. The average Bonchev–Trinajstić information content (AvgIpc) is 2.33. The maximum atomic E-state index is 13.1. The summed E-state index contributed by atoms with van der Waals surface area (Å²) in [5.41, 5.74) is -2.14. The molecule has 2 rings (SSSR count). The van der Waals surface area contributed by atoms with Crippen molar-refractivity contribution in [3.8, 4) is 5.69 Å². The van der Waals surface area contributed by atoms with Crippen molar-refractivity contribution in [1.29, 1.82) is 0 Å². The summed E-state index contributed by atoms with van der Waals surface area (Å²) in [5, 5.41) is 0. The van der Waals surface area contributed by atoms with Crippen LogP contribution in [0.5, 0.6) is 0 Å². The van der Waals surface area contributed by atoms with Crippen LogP contribution in [0.4, 0.5) is 8.78 Å². The number of H-pyrrole nitrogens is 1. The summed E-state index contributed by atoms with van der Waals surface area (Å²) in [6.07, 6.45) is 0.989. The molecule has 1 aromatic carbocycles. The van der Waals surface area contributed by atoms with E-state index < -0.39 is 28.7 Å². The first-order valence-corrected chi connectivity index (χ1v) is 5.23. The Balaban J connectivity index is 2.78. The molecule has 0 amide bonds. The van der Waals surface area contributed by atoms with Crippen LogP contribution in [0, 0.1) is 11.6 Å². The first-order valence-electron chi connectivity index (χ1n) is 5.23. The zero-order chi connectivity index (χ0) is 14.2. The summed E-state index contributed by atoms with van der Waals surface area (Å²) in [5.74, 6) is -2.84. The van der Waals surface area contributed by atoms with E-state index in [0.717, 1.165) is 25.3 Å². The number of ketones is 1. The molecule has 0 radical (unpaired) electrons. The second-order valence-electron chi connectivity index (χ2n) is 3.80. The number of halogens is 2. The van der Waals surface area contributed by atoms with Crippen molar-refractivity contribution in [3.63, 3.8) is 0 Å². The van der Waals surface area contributed by atoms with Crippen LogP contribution in [0.1, 0.15) is 17.3 Å². The minimum atomic E-state index is -1.20. The Kier molecular flexibility index (Phi) is 3.12. The first kappa shape index (κ1) is 12.9. The SMILES string of the molecule is CC(=O)c1c[nH]c(=O)n(-c2ccc(F)c(F)c2)c1=O. The molecule has 0 saturated heterocycles. The summed E-state index contributed by atoms with van der Waals surface area (Å²) in [4.78, 5) is 36.9. The van der Waals surface area contributed by atoms with Crippen molar-refractivity contribution in [3.05, 3.63) is 62.4 Å². The molecule has 19 heavy (non-hydrogen) atoms. The predicted molar refractivity (Wildman–Crippen MR) is 62.6 cm³/mol. The van der Waals surface area contributed by atoms with Crippen molar-refractivity contribution < 1.29 is 13.6 Å². The monoisotopic (exact) mass is 266 g/mol. The van der Waals surface area contributed by atoms with Crippen LogP contribution in [0.2, 0.25) is 0 Å². The van der Waals surface area contributed by atoms with E-state index in [1.165, 1.54) is 0 Å². The number of carbonyl (C=O) groups is 1. The highest BCUT2D eigenvalue weighted by atomic mass is 19.2. The van der Waals surface area contributed by atoms with Crippen LogP contribution in [0.3, 0.4) is 0 Å². The number of nitrogens with zero attached hydrogens (tertiary/aromatic N) is 1. The van der Waals surface area contributed by atoms with Gasteiger partial charge in [0.1, 0.15) is 0 Å². The van der Waals surface area contributed by atoms with Gasteiger partial charge in [0.2, 0.25) is 0 Å². The molecule has 0 bridgehead atoms. The summed E-state index contributed by atoms with van der Waals surface area (Å²) in [6.45, 7) is 1.16. The topological polar surface area (TPSA) is 71.9 Å². The Bertz CT molecular complexity index is 777. The number of benzene rings is 1. The third-order valence-corrected chi connectivity index (χ3v) is 2.52. The van der Waals surface area contributed by atoms with Gasteiger partial charge in [0.05, 0.1) is 11.3 Å². The Morgan fingerprint density at radius 2 is 1.89 bits per heavy atom. The summed E-state index contributed by atoms with van der Waals surface area (Å²) < 4.78 is 26.5. The van der Waals surface area contributed by atoms with Gasteiger partial charge in [-0.05, 0) is 19.1 Å². The molecule has 5 nitrogen and oxygen atoms in total. The van der Waals surface area contributed by atoms with Gasteiger partial charge in [-0.3, -0.25) is 9.59 Å². The lowest BCUT2D eigenvalue weighted by Gasteiger charge is -2.06. The number of nitrogens with one attached hydrogen (secondary N) is 1. The lowest BCUT2D eigenvalue weighted by molar-refractivity contribution is 0.101. The van der Waals surface area contributed by atoms with Gasteiger partial charge in [0.25, 0.3) is 5.56 Å². The van der Waals surface area contributed by atoms with Gasteiger partial charge in [-0.2, -0.15) is 0 Å². The fourth-order valence-corrected chi connectivity index (χ4v) is 1.58. The molecule has 7 heteroatoms. The fourth-order valence-electron chi connectivity index (χ4n) is 1.58. The quantitative estimate of drug-likeness (QED) is 0.824. The Morgan fingerprint density at radius 3 is 2.47 bits per heavy atom. The molecule has 2 aromatic rings. The second-order valence-corrected chi connectivity index (χ2v) is 3.80. The molecular weight excluding hydrogens is 258 g/mol. The lowest BCUT2D eigenvalue weighted by atomic mass is 10.2. The number of hydrogen-bond donors (Lipinski definition) is 1. The summed E-state index contributed by atoms with van der Waals surface area (Å²) in [6, 6.07) is 2.56. The third-order valence-electron chi connectivity index (χ3n) is 2.52. The molecule has 0 saturated carbocycles. The molecule has 0 atom stereocenters. The van der Waals surface area contributed by atoms with Crippen molar-refractivity contribution in [2.75, 3.05) is 0 Å². The number of aromatic nitrogens is 2. The molecule has 0 fully saturated rings. The van der Waals surface area contributed by atoms with E-state index in [1.807, 2.05) is 0 Å². The maximum absolute atomic E-state index is 13.1. The summed E-state index contributed by atoms with van der Waals surface area (Å²) in [7, 11) is 0. The Labute approximate surface area is 105 Å². The van der Waals surface area contributed by atoms with E-state index in [4.69, 9.17) is 0 Å². The van der Waals surface area contributed by atoms with Crippen LogP contribution < -0.4 is 11.2 Å². The van der Waals surface area contributed by atoms with E-state index in [1.54, 1.807) is 0 Å². The maximum Gasteiger partial charge on any atom is 0.333 e. The smallest absolute Gasteiger partial charge is 0.313 e. The molecule has 1 N–H and O–H groups in total. The number of carbonyl (C=O) groups excluding carboxylic acids is 1. The van der Waals surface area contributed by atoms with Crippen molar-refractivity contribution in [2.45, 2.75) is 6.92 Å². The van der Waals surface area contributed by atoms with Gasteiger partial charge >= 0.3 is 5.69 Å². The van der Waals surface area contributed by atoms with Gasteiger partial charge < -0.3 is 4.98 Å². The van der Waals surface area contributed by atoms with Gasteiger partial charge in [-0.1, -0.05) is 0 Å². The molecule has 0 aliphatic carbocycles. The molecular formula is C12H8F2N2O3. The zero-order valence-electron chi connectivity index (χ0n) is 9.74.